The minimum atomic E-state index is -0.898. The predicted molar refractivity (Wildman–Crippen MR) is 63.9 cm³/mol. The molecule has 1 fully saturated rings. The van der Waals surface area contributed by atoms with Crippen LogP contribution in [0.1, 0.15) is 28.8 Å². The third kappa shape index (κ3) is 3.28. The van der Waals surface area contributed by atoms with Crippen molar-refractivity contribution in [3.63, 3.8) is 0 Å². The second-order valence-corrected chi connectivity index (χ2v) is 4.53. The Morgan fingerprint density at radius 2 is 2.06 bits per heavy atom. The first-order valence-corrected chi connectivity index (χ1v) is 5.88. The summed E-state index contributed by atoms with van der Waals surface area (Å²) >= 11 is 0. The van der Waals surface area contributed by atoms with Gasteiger partial charge in [0.15, 0.2) is 0 Å². The summed E-state index contributed by atoms with van der Waals surface area (Å²) in [5.74, 6) is -0.898. The van der Waals surface area contributed by atoms with Crippen molar-refractivity contribution in [1.29, 1.82) is 0 Å². The number of rotatable bonds is 3. The third-order valence-corrected chi connectivity index (χ3v) is 3.09. The number of nitrogens with zero attached hydrogens (tertiary/aromatic N) is 1. The van der Waals surface area contributed by atoms with E-state index in [1.165, 1.54) is 0 Å². The van der Waals surface area contributed by atoms with Crippen molar-refractivity contribution in [1.82, 2.24) is 4.90 Å². The molecule has 0 aromatic heterocycles. The lowest BCUT2D eigenvalue weighted by molar-refractivity contribution is 0.0668. The molecule has 0 saturated carbocycles. The molecule has 0 unspecified atom stereocenters. The molecule has 1 aliphatic heterocycles. The number of carboxylic acids is 1. The minimum absolute atomic E-state index is 0.220. The van der Waals surface area contributed by atoms with E-state index in [0.29, 0.717) is 12.1 Å². The van der Waals surface area contributed by atoms with Gasteiger partial charge in [0.25, 0.3) is 0 Å². The zero-order chi connectivity index (χ0) is 12.3. The van der Waals surface area contributed by atoms with Gasteiger partial charge in [-0.1, -0.05) is 12.1 Å². The van der Waals surface area contributed by atoms with Crippen LogP contribution in [0, 0.1) is 0 Å². The normalized spacial score (nSPS) is 21.4. The molecule has 1 atom stereocenters. The van der Waals surface area contributed by atoms with Crippen molar-refractivity contribution in [2.75, 3.05) is 13.1 Å². The van der Waals surface area contributed by atoms with Crippen molar-refractivity contribution < 1.29 is 15.0 Å². The molecule has 0 spiro atoms. The molecule has 4 heteroatoms. The maximum Gasteiger partial charge on any atom is 0.335 e. The van der Waals surface area contributed by atoms with Gasteiger partial charge in [0.1, 0.15) is 0 Å². The number of carbonyl (C=O) groups is 1. The summed E-state index contributed by atoms with van der Waals surface area (Å²) in [6.45, 7) is 2.48. The van der Waals surface area contributed by atoms with E-state index in [0.717, 1.165) is 31.5 Å². The predicted octanol–water partition coefficient (Wildman–Crippen LogP) is 1.34. The summed E-state index contributed by atoms with van der Waals surface area (Å²) < 4.78 is 0. The zero-order valence-electron chi connectivity index (χ0n) is 9.67. The number of aliphatic hydroxyl groups is 1. The fourth-order valence-corrected chi connectivity index (χ4v) is 2.19. The second kappa shape index (κ2) is 5.29. The van der Waals surface area contributed by atoms with E-state index in [-0.39, 0.29) is 6.10 Å². The number of likely N-dealkylation sites (tertiary alicyclic amines) is 1. The van der Waals surface area contributed by atoms with E-state index in [9.17, 15) is 9.90 Å². The van der Waals surface area contributed by atoms with E-state index in [2.05, 4.69) is 4.90 Å². The van der Waals surface area contributed by atoms with Crippen LogP contribution in [0.5, 0.6) is 0 Å². The summed E-state index contributed by atoms with van der Waals surface area (Å²) in [5, 5.41) is 18.3. The number of aromatic carboxylic acids is 1. The highest BCUT2D eigenvalue weighted by Crippen LogP contribution is 2.14. The Balaban J connectivity index is 1.96. The Bertz CT molecular complexity index is 388. The maximum absolute atomic E-state index is 10.7. The number of hydrogen-bond donors (Lipinski definition) is 2. The lowest BCUT2D eigenvalue weighted by Crippen LogP contribution is -2.37. The zero-order valence-corrected chi connectivity index (χ0v) is 9.67. The van der Waals surface area contributed by atoms with Gasteiger partial charge in [-0.25, -0.2) is 4.79 Å². The Morgan fingerprint density at radius 3 is 2.65 bits per heavy atom. The fraction of sp³-hybridized carbons (Fsp3) is 0.462. The van der Waals surface area contributed by atoms with Gasteiger partial charge < -0.3 is 10.2 Å². The molecule has 2 N–H and O–H groups in total. The highest BCUT2D eigenvalue weighted by atomic mass is 16.4. The molecule has 1 saturated heterocycles. The van der Waals surface area contributed by atoms with Crippen LogP contribution in [0.15, 0.2) is 24.3 Å². The van der Waals surface area contributed by atoms with Crippen molar-refractivity contribution in [3.8, 4) is 0 Å². The third-order valence-electron chi connectivity index (χ3n) is 3.09. The first-order valence-electron chi connectivity index (χ1n) is 5.88. The molecular formula is C13H17NO3. The van der Waals surface area contributed by atoms with Gasteiger partial charge in [0, 0.05) is 13.1 Å². The first kappa shape index (κ1) is 12.1. The molecule has 0 bridgehead atoms. The first-order chi connectivity index (χ1) is 8.15. The van der Waals surface area contributed by atoms with Crippen molar-refractivity contribution in [2.45, 2.75) is 25.5 Å². The summed E-state index contributed by atoms with van der Waals surface area (Å²) in [7, 11) is 0. The van der Waals surface area contributed by atoms with E-state index in [1.807, 2.05) is 12.1 Å². The van der Waals surface area contributed by atoms with Crippen LogP contribution in [0.3, 0.4) is 0 Å². The molecule has 0 radical (unpaired) electrons. The van der Waals surface area contributed by atoms with Crippen LogP contribution in [0.2, 0.25) is 0 Å². The fourth-order valence-electron chi connectivity index (χ4n) is 2.19. The molecule has 2 rings (SSSR count). The summed E-state index contributed by atoms with van der Waals surface area (Å²) in [6.07, 6.45) is 1.69. The smallest absolute Gasteiger partial charge is 0.335 e. The molecule has 0 amide bonds. The number of piperidine rings is 1. The molecule has 1 aliphatic rings. The minimum Gasteiger partial charge on any atom is -0.478 e. The van der Waals surface area contributed by atoms with Crippen LogP contribution < -0.4 is 0 Å². The van der Waals surface area contributed by atoms with Crippen molar-refractivity contribution in [2.24, 2.45) is 0 Å². The number of carboxylic acid groups (broad SMARTS) is 1. The number of hydrogen-bond acceptors (Lipinski definition) is 3. The van der Waals surface area contributed by atoms with Crippen LogP contribution in [0.25, 0.3) is 0 Å². The maximum atomic E-state index is 10.7. The second-order valence-electron chi connectivity index (χ2n) is 4.53. The van der Waals surface area contributed by atoms with Crippen LogP contribution in [0.4, 0.5) is 0 Å². The Morgan fingerprint density at radius 1 is 1.35 bits per heavy atom. The molecule has 1 heterocycles. The Hall–Kier alpha value is -1.39. The SMILES string of the molecule is O=C(O)c1ccc(CN2CCC[C@@H](O)C2)cc1. The summed E-state index contributed by atoms with van der Waals surface area (Å²) in [5.41, 5.74) is 1.40. The van der Waals surface area contributed by atoms with E-state index in [1.54, 1.807) is 12.1 Å². The van der Waals surface area contributed by atoms with Crippen LogP contribution in [-0.4, -0.2) is 40.3 Å². The quantitative estimate of drug-likeness (QED) is 0.830. The van der Waals surface area contributed by atoms with E-state index in [4.69, 9.17) is 5.11 Å². The van der Waals surface area contributed by atoms with Crippen LogP contribution >= 0.6 is 0 Å². The monoisotopic (exact) mass is 235 g/mol. The average molecular weight is 235 g/mol. The van der Waals surface area contributed by atoms with Gasteiger partial charge in [0.05, 0.1) is 11.7 Å². The lowest BCUT2D eigenvalue weighted by atomic mass is 10.1. The topological polar surface area (TPSA) is 60.8 Å². The lowest BCUT2D eigenvalue weighted by Gasteiger charge is -2.29. The summed E-state index contributed by atoms with van der Waals surface area (Å²) in [4.78, 5) is 12.9. The van der Waals surface area contributed by atoms with Gasteiger partial charge in [-0.15, -0.1) is 0 Å². The molecule has 4 nitrogen and oxygen atoms in total. The number of benzene rings is 1. The molecule has 0 aliphatic carbocycles. The number of aliphatic hydroxyl groups excluding tert-OH is 1. The van der Waals surface area contributed by atoms with E-state index < -0.39 is 5.97 Å². The van der Waals surface area contributed by atoms with Gasteiger partial charge in [-0.05, 0) is 37.1 Å². The standard InChI is InChI=1S/C13H17NO3/c15-12-2-1-7-14(9-12)8-10-3-5-11(6-4-10)13(16)17/h3-6,12,15H,1-2,7-9H2,(H,16,17)/t12-/m1/s1. The van der Waals surface area contributed by atoms with E-state index >= 15 is 0 Å². The molecule has 1 aromatic rings. The molecule has 1 aromatic carbocycles. The summed E-state index contributed by atoms with van der Waals surface area (Å²) in [6, 6.07) is 6.92. The molecule has 92 valence electrons. The molecule has 17 heavy (non-hydrogen) atoms. The van der Waals surface area contributed by atoms with Crippen molar-refractivity contribution in [3.05, 3.63) is 35.4 Å². The van der Waals surface area contributed by atoms with Crippen LogP contribution in [-0.2, 0) is 6.54 Å². The van der Waals surface area contributed by atoms with Gasteiger partial charge in [-0.3, -0.25) is 4.90 Å². The Labute approximate surface area is 100 Å². The van der Waals surface area contributed by atoms with Crippen molar-refractivity contribution >= 4 is 5.97 Å². The largest absolute Gasteiger partial charge is 0.478 e. The Kier molecular flexibility index (Phi) is 3.76. The molecular weight excluding hydrogens is 218 g/mol. The van der Waals surface area contributed by atoms with Gasteiger partial charge in [-0.2, -0.15) is 0 Å². The highest BCUT2D eigenvalue weighted by molar-refractivity contribution is 5.87. The highest BCUT2D eigenvalue weighted by Gasteiger charge is 2.17. The van der Waals surface area contributed by atoms with Gasteiger partial charge in [0.2, 0.25) is 0 Å². The van der Waals surface area contributed by atoms with Gasteiger partial charge >= 0.3 is 5.97 Å². The average Bonchev–Trinajstić information content (AvgIpc) is 2.29. The number of β-amino-alcohol motifs (C(OH)–C–C–N with tert-alkyl or cyclic N) is 1.